The number of hydrogen-bond acceptors (Lipinski definition) is 3. The van der Waals surface area contributed by atoms with Crippen molar-refractivity contribution in [3.8, 4) is 0 Å². The molecule has 2 fully saturated rings. The van der Waals surface area contributed by atoms with Gasteiger partial charge in [0.05, 0.1) is 16.9 Å². The van der Waals surface area contributed by atoms with Gasteiger partial charge in [0, 0.05) is 12.5 Å². The van der Waals surface area contributed by atoms with E-state index in [1.807, 2.05) is 20.8 Å². The number of carbonyl (C=O) groups is 1. The summed E-state index contributed by atoms with van der Waals surface area (Å²) in [6.45, 7) is 5.99. The quantitative estimate of drug-likeness (QED) is 0.805. The lowest BCUT2D eigenvalue weighted by molar-refractivity contribution is -0.128. The number of nitrogens with zero attached hydrogens (tertiary/aromatic N) is 1. The minimum absolute atomic E-state index is 0.103. The zero-order valence-electron chi connectivity index (χ0n) is 15.6. The van der Waals surface area contributed by atoms with Crippen LogP contribution in [-0.4, -0.2) is 26.0 Å². The fourth-order valence-corrected chi connectivity index (χ4v) is 8.17. The number of anilines is 1. The lowest BCUT2D eigenvalue weighted by atomic mass is 9.70. The molecule has 0 amide bonds. The summed E-state index contributed by atoms with van der Waals surface area (Å²) in [5.41, 5.74) is 0.222. The van der Waals surface area contributed by atoms with Gasteiger partial charge in [0.2, 0.25) is 10.0 Å². The Morgan fingerprint density at radius 2 is 2.00 bits per heavy atom. The predicted molar refractivity (Wildman–Crippen MR) is 99.0 cm³/mol. The first-order valence-electron chi connectivity index (χ1n) is 9.42. The molecule has 6 heteroatoms. The molecule has 142 valence electrons. The fourth-order valence-electron chi connectivity index (χ4n) is 5.60. The third kappa shape index (κ3) is 2.30. The number of hydrogen-bond donors (Lipinski definition) is 0. The van der Waals surface area contributed by atoms with Crippen LogP contribution in [0.2, 0.25) is 0 Å². The van der Waals surface area contributed by atoms with Gasteiger partial charge in [-0.25, -0.2) is 12.8 Å². The van der Waals surface area contributed by atoms with E-state index in [9.17, 15) is 17.6 Å². The van der Waals surface area contributed by atoms with Gasteiger partial charge < -0.3 is 0 Å². The molecule has 2 saturated carbocycles. The van der Waals surface area contributed by atoms with Crippen molar-refractivity contribution in [2.75, 3.05) is 10.1 Å². The van der Waals surface area contributed by atoms with E-state index in [1.165, 1.54) is 16.4 Å². The van der Waals surface area contributed by atoms with Crippen molar-refractivity contribution in [1.29, 1.82) is 0 Å². The molecule has 1 aliphatic heterocycles. The number of Topliss-reactive ketones (excluding diaryl/α,β-unsaturated/α-hetero) is 1. The molecule has 2 bridgehead atoms. The van der Waals surface area contributed by atoms with Crippen LogP contribution in [0, 0.1) is 22.6 Å². The van der Waals surface area contributed by atoms with E-state index in [0.717, 1.165) is 12.0 Å². The van der Waals surface area contributed by atoms with Crippen molar-refractivity contribution < 1.29 is 17.6 Å². The lowest BCUT2D eigenvalue weighted by Crippen LogP contribution is -2.50. The largest absolute Gasteiger partial charge is 0.299 e. The Bertz CT molecular complexity index is 879. The second-order valence-corrected chi connectivity index (χ2v) is 10.7. The van der Waals surface area contributed by atoms with Gasteiger partial charge in [-0.05, 0) is 67.7 Å². The molecular weight excluding hydrogens is 353 g/mol. The number of sulfonamides is 1. The third-order valence-electron chi connectivity index (χ3n) is 7.38. The van der Waals surface area contributed by atoms with Gasteiger partial charge in [-0.1, -0.05) is 13.8 Å². The van der Waals surface area contributed by atoms with E-state index >= 15 is 0 Å². The van der Waals surface area contributed by atoms with Crippen LogP contribution in [0.4, 0.5) is 10.1 Å². The molecule has 3 aliphatic rings. The Balaban J connectivity index is 1.75. The van der Waals surface area contributed by atoms with Gasteiger partial charge in [0.25, 0.3) is 0 Å². The third-order valence-corrected chi connectivity index (χ3v) is 9.39. The lowest BCUT2D eigenvalue weighted by Gasteiger charge is -2.41. The first-order chi connectivity index (χ1) is 12.1. The van der Waals surface area contributed by atoms with Crippen LogP contribution in [0.1, 0.15) is 52.0 Å². The van der Waals surface area contributed by atoms with Crippen molar-refractivity contribution in [2.45, 2.75) is 58.9 Å². The van der Waals surface area contributed by atoms with Gasteiger partial charge in [0.1, 0.15) is 11.6 Å². The van der Waals surface area contributed by atoms with Crippen molar-refractivity contribution in [2.24, 2.45) is 16.7 Å². The summed E-state index contributed by atoms with van der Waals surface area (Å²) in [6.07, 6.45) is 3.40. The first-order valence-corrected chi connectivity index (χ1v) is 11.0. The zero-order chi connectivity index (χ0) is 18.9. The number of carbonyl (C=O) groups excluding carboxylic acids is 1. The van der Waals surface area contributed by atoms with E-state index < -0.39 is 15.4 Å². The molecule has 4 rings (SSSR count). The molecule has 2 aliphatic carbocycles. The van der Waals surface area contributed by atoms with Crippen LogP contribution in [0.25, 0.3) is 0 Å². The van der Waals surface area contributed by atoms with Crippen LogP contribution >= 0.6 is 0 Å². The number of fused-ring (bicyclic) bond motifs is 3. The molecule has 1 aromatic carbocycles. The van der Waals surface area contributed by atoms with E-state index in [4.69, 9.17) is 0 Å². The number of rotatable bonds is 3. The Hall–Kier alpha value is -1.43. The van der Waals surface area contributed by atoms with Crippen LogP contribution in [0.5, 0.6) is 0 Å². The van der Waals surface area contributed by atoms with Crippen molar-refractivity contribution in [3.63, 3.8) is 0 Å². The summed E-state index contributed by atoms with van der Waals surface area (Å²) in [4.78, 5) is 12.8. The molecule has 0 radical (unpaired) electrons. The van der Waals surface area contributed by atoms with E-state index in [1.54, 1.807) is 6.07 Å². The second-order valence-electron chi connectivity index (χ2n) is 8.88. The molecule has 4 nitrogen and oxygen atoms in total. The Morgan fingerprint density at radius 3 is 2.62 bits per heavy atom. The predicted octanol–water partition coefficient (Wildman–Crippen LogP) is 3.69. The maximum Gasteiger partial charge on any atom is 0.236 e. The molecule has 0 saturated heterocycles. The number of ketones is 1. The topological polar surface area (TPSA) is 54.5 Å². The normalized spacial score (nSPS) is 32.8. The molecule has 1 heterocycles. The summed E-state index contributed by atoms with van der Waals surface area (Å²) < 4.78 is 42.0. The summed E-state index contributed by atoms with van der Waals surface area (Å²) in [6, 6.07) is 4.12. The van der Waals surface area contributed by atoms with Crippen LogP contribution in [0.15, 0.2) is 18.2 Å². The van der Waals surface area contributed by atoms with Gasteiger partial charge in [-0.15, -0.1) is 0 Å². The molecular formula is C20H26FNO3S. The van der Waals surface area contributed by atoms with Gasteiger partial charge in [-0.3, -0.25) is 9.10 Å². The molecule has 0 spiro atoms. The smallest absolute Gasteiger partial charge is 0.236 e. The molecule has 0 N–H and O–H groups in total. The minimum Gasteiger partial charge on any atom is -0.299 e. The van der Waals surface area contributed by atoms with Crippen LogP contribution in [-0.2, 0) is 21.2 Å². The van der Waals surface area contributed by atoms with E-state index in [-0.39, 0.29) is 34.7 Å². The van der Waals surface area contributed by atoms with E-state index in [0.29, 0.717) is 31.4 Å². The van der Waals surface area contributed by atoms with Crippen LogP contribution < -0.4 is 4.31 Å². The highest BCUT2D eigenvalue weighted by Crippen LogP contribution is 2.64. The number of benzene rings is 1. The number of halogens is 1. The van der Waals surface area contributed by atoms with Gasteiger partial charge in [0.15, 0.2) is 0 Å². The fraction of sp³-hybridized carbons (Fsp3) is 0.650. The average Bonchev–Trinajstić information content (AvgIpc) is 2.88. The summed E-state index contributed by atoms with van der Waals surface area (Å²) in [7, 11) is -3.70. The SMILES string of the molecule is CC1CCc2cc(F)ccc2N1S(=O)(=O)C[C@]12CC[C@@H](CC1=O)C2(C)C. The molecule has 26 heavy (non-hydrogen) atoms. The first kappa shape index (κ1) is 18.0. The maximum absolute atomic E-state index is 13.6. The van der Waals surface area contributed by atoms with Crippen LogP contribution in [0.3, 0.4) is 0 Å². The highest BCUT2D eigenvalue weighted by Gasteiger charge is 2.65. The number of aryl methyl sites for hydroxylation is 1. The standard InChI is InChI=1S/C20H26FNO3S/c1-13-4-5-14-10-16(21)6-7-17(14)22(13)26(24,25)12-20-9-8-15(11-18(20)23)19(20,2)3/h6-7,10,13,15H,4-5,8-9,11-12H2,1-3H3/t13?,15-,20+/m0/s1. The Morgan fingerprint density at radius 1 is 1.27 bits per heavy atom. The van der Waals surface area contributed by atoms with E-state index in [2.05, 4.69) is 0 Å². The molecule has 1 aromatic rings. The minimum atomic E-state index is -3.70. The summed E-state index contributed by atoms with van der Waals surface area (Å²) >= 11 is 0. The maximum atomic E-state index is 13.6. The van der Waals surface area contributed by atoms with Crippen molar-refractivity contribution >= 4 is 21.5 Å². The van der Waals surface area contributed by atoms with Gasteiger partial charge in [-0.2, -0.15) is 0 Å². The zero-order valence-corrected chi connectivity index (χ0v) is 16.4. The summed E-state index contributed by atoms with van der Waals surface area (Å²) in [5, 5.41) is 0. The van der Waals surface area contributed by atoms with Crippen molar-refractivity contribution in [3.05, 3.63) is 29.6 Å². The molecule has 1 unspecified atom stereocenters. The molecule has 0 aromatic heterocycles. The van der Waals surface area contributed by atoms with Crippen molar-refractivity contribution in [1.82, 2.24) is 0 Å². The average molecular weight is 379 g/mol. The monoisotopic (exact) mass is 379 g/mol. The highest BCUT2D eigenvalue weighted by molar-refractivity contribution is 7.92. The highest BCUT2D eigenvalue weighted by atomic mass is 32.2. The Labute approximate surface area is 154 Å². The molecule has 3 atom stereocenters. The second kappa shape index (κ2) is 5.54. The van der Waals surface area contributed by atoms with Gasteiger partial charge >= 0.3 is 0 Å². The summed E-state index contributed by atoms with van der Waals surface area (Å²) in [5.74, 6) is -0.0969. The Kier molecular flexibility index (Phi) is 3.82.